The molecule has 1 aliphatic rings. The third kappa shape index (κ3) is 4.47. The molecule has 0 saturated heterocycles. The minimum absolute atomic E-state index is 0.0559. The van der Waals surface area contributed by atoms with Gasteiger partial charge in [-0.05, 0) is 29.3 Å². The maximum absolute atomic E-state index is 12.6. The van der Waals surface area contributed by atoms with E-state index in [1.54, 1.807) is 4.90 Å². The lowest BCUT2D eigenvalue weighted by Gasteiger charge is -2.21. The molecule has 3 rings (SSSR count). The number of halogens is 3. The number of carbonyl (C=O) groups is 1. The topological polar surface area (TPSA) is 32.8 Å². The molecule has 4 nitrogen and oxygen atoms in total. The van der Waals surface area contributed by atoms with Gasteiger partial charge in [0.25, 0.3) is 0 Å². The average molecular weight is 364 g/mol. The molecular formula is C19H19F3N2O2. The first kappa shape index (κ1) is 18.1. The first-order valence-corrected chi connectivity index (χ1v) is 8.23. The van der Waals surface area contributed by atoms with Crippen molar-refractivity contribution in [1.29, 1.82) is 0 Å². The number of ether oxygens (including phenoxy) is 1. The van der Waals surface area contributed by atoms with Gasteiger partial charge in [0.15, 0.2) is 0 Å². The third-order valence-electron chi connectivity index (χ3n) is 4.33. The maximum Gasteiger partial charge on any atom is 0.573 e. The van der Waals surface area contributed by atoms with E-state index < -0.39 is 6.36 Å². The first-order chi connectivity index (χ1) is 12.3. The summed E-state index contributed by atoms with van der Waals surface area (Å²) in [5.41, 5.74) is 2.83. The Morgan fingerprint density at radius 1 is 1.08 bits per heavy atom. The molecular weight excluding hydrogens is 345 g/mol. The predicted octanol–water partition coefficient (Wildman–Crippen LogP) is 3.61. The van der Waals surface area contributed by atoms with E-state index in [1.807, 2.05) is 31.3 Å². The molecule has 0 radical (unpaired) electrons. The molecule has 26 heavy (non-hydrogen) atoms. The van der Waals surface area contributed by atoms with Crippen LogP contribution in [0.2, 0.25) is 0 Å². The zero-order valence-corrected chi connectivity index (χ0v) is 14.3. The molecule has 0 atom stereocenters. The zero-order chi connectivity index (χ0) is 18.7. The quantitative estimate of drug-likeness (QED) is 0.834. The monoisotopic (exact) mass is 364 g/mol. The van der Waals surface area contributed by atoms with Gasteiger partial charge in [0.1, 0.15) is 5.75 Å². The smallest absolute Gasteiger partial charge is 0.406 e. The zero-order valence-electron chi connectivity index (χ0n) is 14.3. The molecule has 0 fully saturated rings. The second kappa shape index (κ2) is 7.27. The molecule has 0 spiro atoms. The molecule has 1 aliphatic heterocycles. The normalized spacial score (nSPS) is 14.6. The number of hydrogen-bond acceptors (Lipinski definition) is 3. The lowest BCUT2D eigenvalue weighted by atomic mass is 10.1. The van der Waals surface area contributed by atoms with E-state index in [0.29, 0.717) is 18.7 Å². The van der Waals surface area contributed by atoms with E-state index in [0.717, 1.165) is 17.8 Å². The van der Waals surface area contributed by atoms with Crippen LogP contribution in [0.1, 0.15) is 11.1 Å². The number of amides is 1. The van der Waals surface area contributed by atoms with Gasteiger partial charge in [0.2, 0.25) is 5.91 Å². The number of carbonyl (C=O) groups excluding carboxylic acids is 1. The van der Waals surface area contributed by atoms with Crippen LogP contribution in [0.5, 0.6) is 5.75 Å². The van der Waals surface area contributed by atoms with Crippen LogP contribution in [0.3, 0.4) is 0 Å². The number of hydrogen-bond donors (Lipinski definition) is 0. The Labute approximate surface area is 149 Å². The van der Waals surface area contributed by atoms with Crippen molar-refractivity contribution in [3.8, 4) is 5.75 Å². The number of nitrogens with zero attached hydrogens (tertiary/aromatic N) is 2. The summed E-state index contributed by atoms with van der Waals surface area (Å²) in [6.07, 6.45) is -4.58. The lowest BCUT2D eigenvalue weighted by Crippen LogP contribution is -2.35. The molecule has 7 heteroatoms. The minimum Gasteiger partial charge on any atom is -0.406 e. The lowest BCUT2D eigenvalue weighted by molar-refractivity contribution is -0.274. The van der Waals surface area contributed by atoms with Crippen molar-refractivity contribution >= 4 is 11.6 Å². The highest BCUT2D eigenvalue weighted by Gasteiger charge is 2.31. The van der Waals surface area contributed by atoms with Gasteiger partial charge >= 0.3 is 6.36 Å². The molecule has 0 bridgehead atoms. The molecule has 2 aromatic carbocycles. The molecule has 0 aromatic heterocycles. The van der Waals surface area contributed by atoms with E-state index in [1.165, 1.54) is 24.3 Å². The highest BCUT2D eigenvalue weighted by molar-refractivity contribution is 5.79. The third-order valence-corrected chi connectivity index (χ3v) is 4.33. The molecule has 2 aromatic rings. The van der Waals surface area contributed by atoms with Crippen molar-refractivity contribution in [1.82, 2.24) is 4.90 Å². The summed E-state index contributed by atoms with van der Waals surface area (Å²) < 4.78 is 40.4. The molecule has 1 heterocycles. The first-order valence-electron chi connectivity index (χ1n) is 8.23. The van der Waals surface area contributed by atoms with E-state index in [4.69, 9.17) is 0 Å². The van der Waals surface area contributed by atoms with Crippen molar-refractivity contribution in [2.24, 2.45) is 0 Å². The molecule has 1 amide bonds. The summed E-state index contributed by atoms with van der Waals surface area (Å²) >= 11 is 0. The van der Waals surface area contributed by atoms with Crippen LogP contribution in [0.25, 0.3) is 0 Å². The standard InChI is InChI=1S/C19H19F3N2O2/c1-23-10-11-24(13-15-4-2-3-5-17(15)23)18(25)12-14-6-8-16(9-7-14)26-19(20,21)22/h2-9H,10-13H2,1H3. The van der Waals surface area contributed by atoms with Gasteiger partial charge < -0.3 is 14.5 Å². The van der Waals surface area contributed by atoms with Gasteiger partial charge in [-0.25, -0.2) is 0 Å². The molecule has 138 valence electrons. The molecule has 0 unspecified atom stereocenters. The van der Waals surface area contributed by atoms with Crippen molar-refractivity contribution in [3.63, 3.8) is 0 Å². The largest absolute Gasteiger partial charge is 0.573 e. The number of likely N-dealkylation sites (N-methyl/N-ethyl adjacent to an activating group) is 1. The van der Waals surface area contributed by atoms with Crippen LogP contribution in [-0.4, -0.2) is 37.3 Å². The van der Waals surface area contributed by atoms with Crippen LogP contribution >= 0.6 is 0 Å². The number of para-hydroxylation sites is 1. The number of alkyl halides is 3. The van der Waals surface area contributed by atoms with Crippen molar-refractivity contribution in [2.75, 3.05) is 25.0 Å². The fourth-order valence-corrected chi connectivity index (χ4v) is 3.00. The van der Waals surface area contributed by atoms with Gasteiger partial charge in [0, 0.05) is 32.4 Å². The SMILES string of the molecule is CN1CCN(C(=O)Cc2ccc(OC(F)(F)F)cc2)Cc2ccccc21. The summed E-state index contributed by atoms with van der Waals surface area (Å²) in [5.74, 6) is -0.349. The Morgan fingerprint density at radius 2 is 1.77 bits per heavy atom. The summed E-state index contributed by atoms with van der Waals surface area (Å²) in [4.78, 5) is 16.5. The van der Waals surface area contributed by atoms with Crippen LogP contribution in [-0.2, 0) is 17.8 Å². The molecule has 0 saturated carbocycles. The van der Waals surface area contributed by atoms with Gasteiger partial charge in [-0.15, -0.1) is 13.2 Å². The van der Waals surface area contributed by atoms with Gasteiger partial charge in [0.05, 0.1) is 6.42 Å². The van der Waals surface area contributed by atoms with Gasteiger partial charge in [-0.3, -0.25) is 4.79 Å². The maximum atomic E-state index is 12.6. The Hall–Kier alpha value is -2.70. The number of anilines is 1. The Kier molecular flexibility index (Phi) is 5.06. The number of benzene rings is 2. The average Bonchev–Trinajstić information content (AvgIpc) is 2.75. The van der Waals surface area contributed by atoms with Crippen LogP contribution in [0.4, 0.5) is 18.9 Å². The highest BCUT2D eigenvalue weighted by Crippen LogP contribution is 2.25. The predicted molar refractivity (Wildman–Crippen MR) is 92.0 cm³/mol. The van der Waals surface area contributed by atoms with Crippen LogP contribution < -0.4 is 9.64 Å². The summed E-state index contributed by atoms with van der Waals surface area (Å²) in [6.45, 7) is 1.84. The Morgan fingerprint density at radius 3 is 2.46 bits per heavy atom. The molecule has 0 aliphatic carbocycles. The molecule has 0 N–H and O–H groups in total. The fourth-order valence-electron chi connectivity index (χ4n) is 3.00. The summed E-state index contributed by atoms with van der Waals surface area (Å²) in [5, 5.41) is 0. The van der Waals surface area contributed by atoms with E-state index in [9.17, 15) is 18.0 Å². The van der Waals surface area contributed by atoms with Crippen molar-refractivity contribution in [3.05, 3.63) is 59.7 Å². The summed E-state index contributed by atoms with van der Waals surface area (Å²) in [7, 11) is 1.99. The van der Waals surface area contributed by atoms with Crippen molar-refractivity contribution in [2.45, 2.75) is 19.3 Å². The summed E-state index contributed by atoms with van der Waals surface area (Å²) in [6, 6.07) is 13.4. The van der Waals surface area contributed by atoms with Crippen LogP contribution in [0.15, 0.2) is 48.5 Å². The number of fused-ring (bicyclic) bond motifs is 1. The Bertz CT molecular complexity index is 775. The van der Waals surface area contributed by atoms with Gasteiger partial charge in [-0.2, -0.15) is 0 Å². The van der Waals surface area contributed by atoms with Crippen molar-refractivity contribution < 1.29 is 22.7 Å². The number of rotatable bonds is 3. The second-order valence-corrected chi connectivity index (χ2v) is 6.23. The Balaban J connectivity index is 1.67. The fraction of sp³-hybridized carbons (Fsp3) is 0.316. The second-order valence-electron chi connectivity index (χ2n) is 6.23. The highest BCUT2D eigenvalue weighted by atomic mass is 19.4. The van der Waals surface area contributed by atoms with E-state index >= 15 is 0 Å². The minimum atomic E-state index is -4.72. The van der Waals surface area contributed by atoms with Crippen LogP contribution in [0, 0.1) is 0 Å². The van der Waals surface area contributed by atoms with E-state index in [-0.39, 0.29) is 18.1 Å². The van der Waals surface area contributed by atoms with E-state index in [2.05, 4.69) is 9.64 Å². The van der Waals surface area contributed by atoms with Gasteiger partial charge in [-0.1, -0.05) is 30.3 Å².